The van der Waals surface area contributed by atoms with Crippen LogP contribution in [0.4, 0.5) is 0 Å². The maximum absolute atomic E-state index is 4.41. The second kappa shape index (κ2) is 5.04. The van der Waals surface area contributed by atoms with E-state index in [9.17, 15) is 0 Å². The van der Waals surface area contributed by atoms with Crippen molar-refractivity contribution in [3.8, 4) is 0 Å². The van der Waals surface area contributed by atoms with Crippen LogP contribution < -0.4 is 0 Å². The van der Waals surface area contributed by atoms with Crippen LogP contribution in [0.25, 0.3) is 0 Å². The van der Waals surface area contributed by atoms with Crippen molar-refractivity contribution in [2.75, 3.05) is 0 Å². The van der Waals surface area contributed by atoms with Gasteiger partial charge in [0.15, 0.2) is 0 Å². The van der Waals surface area contributed by atoms with Gasteiger partial charge in [0.25, 0.3) is 0 Å². The minimum absolute atomic E-state index is 0.612. The summed E-state index contributed by atoms with van der Waals surface area (Å²) in [6.45, 7) is 2.17. The fraction of sp³-hybridized carbons (Fsp3) is 0.385. The summed E-state index contributed by atoms with van der Waals surface area (Å²) in [7, 11) is 0. The summed E-state index contributed by atoms with van der Waals surface area (Å²) in [4.78, 5) is 4.11. The summed E-state index contributed by atoms with van der Waals surface area (Å²) in [6, 6.07) is 4.48. The van der Waals surface area contributed by atoms with Gasteiger partial charge in [0, 0.05) is 15.7 Å². The SMILES string of the molecule is Cc1ccc(C2/C=C\C/C(S)=C\CC2)s1. The molecule has 2 heteroatoms. The van der Waals surface area contributed by atoms with Crippen molar-refractivity contribution in [1.82, 2.24) is 0 Å². The van der Waals surface area contributed by atoms with Gasteiger partial charge in [-0.1, -0.05) is 18.2 Å². The molecule has 1 heterocycles. The zero-order chi connectivity index (χ0) is 10.7. The van der Waals surface area contributed by atoms with E-state index in [0.717, 1.165) is 12.8 Å². The number of allylic oxidation sites excluding steroid dienone is 4. The molecule has 0 nitrogen and oxygen atoms in total. The molecule has 0 fully saturated rings. The Hall–Kier alpha value is -0.470. The normalized spacial score (nSPS) is 27.6. The third-order valence-electron chi connectivity index (χ3n) is 2.68. The van der Waals surface area contributed by atoms with Gasteiger partial charge in [0.05, 0.1) is 0 Å². The molecule has 0 aromatic carbocycles. The van der Waals surface area contributed by atoms with Crippen LogP contribution in [-0.2, 0) is 0 Å². The lowest BCUT2D eigenvalue weighted by Crippen LogP contribution is -1.93. The molecule has 1 unspecified atom stereocenters. The Balaban J connectivity index is 2.11. The summed E-state index contributed by atoms with van der Waals surface area (Å²) in [6.07, 6.45) is 10.2. The molecule has 1 aromatic heterocycles. The molecule has 0 saturated carbocycles. The first-order chi connectivity index (χ1) is 7.25. The monoisotopic (exact) mass is 236 g/mol. The van der Waals surface area contributed by atoms with Crippen LogP contribution in [0.2, 0.25) is 0 Å². The molecule has 0 amide bonds. The van der Waals surface area contributed by atoms with Gasteiger partial charge in [0.2, 0.25) is 0 Å². The zero-order valence-corrected chi connectivity index (χ0v) is 10.7. The average Bonchev–Trinajstić information content (AvgIpc) is 2.58. The molecule has 1 aromatic rings. The van der Waals surface area contributed by atoms with E-state index < -0.39 is 0 Å². The second-order valence-electron chi connectivity index (χ2n) is 3.96. The minimum atomic E-state index is 0.612. The van der Waals surface area contributed by atoms with Crippen molar-refractivity contribution in [1.29, 1.82) is 0 Å². The van der Waals surface area contributed by atoms with Crippen molar-refractivity contribution in [3.63, 3.8) is 0 Å². The van der Waals surface area contributed by atoms with Crippen LogP contribution in [0.5, 0.6) is 0 Å². The fourth-order valence-corrected chi connectivity index (χ4v) is 3.08. The fourth-order valence-electron chi connectivity index (χ4n) is 1.85. The highest BCUT2D eigenvalue weighted by Gasteiger charge is 2.10. The van der Waals surface area contributed by atoms with E-state index in [1.165, 1.54) is 21.1 Å². The van der Waals surface area contributed by atoms with Gasteiger partial charge in [-0.3, -0.25) is 0 Å². The van der Waals surface area contributed by atoms with Gasteiger partial charge in [-0.25, -0.2) is 0 Å². The zero-order valence-electron chi connectivity index (χ0n) is 8.94. The van der Waals surface area contributed by atoms with Crippen LogP contribution in [0, 0.1) is 6.92 Å². The maximum atomic E-state index is 4.41. The Morgan fingerprint density at radius 3 is 3.00 bits per heavy atom. The number of aryl methyl sites for hydroxylation is 1. The first kappa shape index (κ1) is 11.0. The molecule has 0 bridgehead atoms. The highest BCUT2D eigenvalue weighted by atomic mass is 32.1. The van der Waals surface area contributed by atoms with Crippen molar-refractivity contribution in [2.45, 2.75) is 32.1 Å². The molecule has 1 atom stereocenters. The van der Waals surface area contributed by atoms with Crippen molar-refractivity contribution < 1.29 is 0 Å². The highest BCUT2D eigenvalue weighted by Crippen LogP contribution is 2.31. The molecule has 0 aliphatic heterocycles. The Bertz CT molecular complexity index is 385. The smallest absolute Gasteiger partial charge is 0.0117 e. The lowest BCUT2D eigenvalue weighted by Gasteiger charge is -2.12. The van der Waals surface area contributed by atoms with E-state index in [4.69, 9.17) is 0 Å². The Morgan fingerprint density at radius 2 is 2.27 bits per heavy atom. The summed E-state index contributed by atoms with van der Waals surface area (Å²) in [5.41, 5.74) is 0. The first-order valence-electron chi connectivity index (χ1n) is 5.36. The van der Waals surface area contributed by atoms with Gasteiger partial charge in [0.1, 0.15) is 0 Å². The highest BCUT2D eigenvalue weighted by molar-refractivity contribution is 7.84. The number of hydrogen-bond donors (Lipinski definition) is 1. The van der Waals surface area contributed by atoms with Crippen LogP contribution in [-0.4, -0.2) is 0 Å². The molecule has 0 N–H and O–H groups in total. The van der Waals surface area contributed by atoms with E-state index in [0.29, 0.717) is 5.92 Å². The van der Waals surface area contributed by atoms with Crippen LogP contribution >= 0.6 is 24.0 Å². The second-order valence-corrected chi connectivity index (χ2v) is 5.85. The third kappa shape index (κ3) is 2.99. The van der Waals surface area contributed by atoms with Gasteiger partial charge in [-0.2, -0.15) is 0 Å². The van der Waals surface area contributed by atoms with E-state index in [1.807, 2.05) is 11.3 Å². The topological polar surface area (TPSA) is 0 Å². The maximum Gasteiger partial charge on any atom is 0.0117 e. The Labute approximate surface area is 101 Å². The van der Waals surface area contributed by atoms with Gasteiger partial charge < -0.3 is 0 Å². The first-order valence-corrected chi connectivity index (χ1v) is 6.63. The van der Waals surface area contributed by atoms with Crippen LogP contribution in [0.1, 0.15) is 34.9 Å². The van der Waals surface area contributed by atoms with Crippen molar-refractivity contribution in [2.24, 2.45) is 0 Å². The van der Waals surface area contributed by atoms with Crippen molar-refractivity contribution in [3.05, 3.63) is 45.0 Å². The summed E-state index contributed by atoms with van der Waals surface area (Å²) < 4.78 is 0. The van der Waals surface area contributed by atoms with Gasteiger partial charge >= 0.3 is 0 Å². The Morgan fingerprint density at radius 1 is 1.40 bits per heavy atom. The van der Waals surface area contributed by atoms with E-state index in [2.05, 4.69) is 49.9 Å². The van der Waals surface area contributed by atoms with Crippen LogP contribution in [0.15, 0.2) is 35.3 Å². The summed E-state index contributed by atoms with van der Waals surface area (Å²) >= 11 is 6.33. The van der Waals surface area contributed by atoms with Crippen LogP contribution in [0.3, 0.4) is 0 Å². The predicted octanol–water partition coefficient (Wildman–Crippen LogP) is 4.69. The lowest BCUT2D eigenvalue weighted by atomic mass is 9.98. The molecule has 0 saturated heterocycles. The Kier molecular flexibility index (Phi) is 3.71. The molecular formula is C13H16S2. The standard InChI is InChI=1S/C13H16S2/c1-10-8-9-13(15-10)11-4-2-6-12(14)7-3-5-11/h2,4,7-9,11,14H,3,5-6H2,1H3/b4-2-,12-7+. The molecular weight excluding hydrogens is 220 g/mol. The van der Waals surface area contributed by atoms with Gasteiger partial charge in [-0.15, -0.1) is 24.0 Å². The van der Waals surface area contributed by atoms with Gasteiger partial charge in [-0.05, 0) is 43.2 Å². The van der Waals surface area contributed by atoms with Crippen molar-refractivity contribution >= 4 is 24.0 Å². The molecule has 1 aliphatic rings. The largest absolute Gasteiger partial charge is 0.148 e. The number of thiophene rings is 1. The summed E-state index contributed by atoms with van der Waals surface area (Å²) in [5.74, 6) is 0.612. The molecule has 2 rings (SSSR count). The van der Waals surface area contributed by atoms with E-state index >= 15 is 0 Å². The molecule has 0 spiro atoms. The predicted molar refractivity (Wildman–Crippen MR) is 71.9 cm³/mol. The summed E-state index contributed by atoms with van der Waals surface area (Å²) in [5, 5.41) is 0. The average molecular weight is 236 g/mol. The molecule has 15 heavy (non-hydrogen) atoms. The number of hydrogen-bond acceptors (Lipinski definition) is 2. The minimum Gasteiger partial charge on any atom is -0.148 e. The third-order valence-corrected chi connectivity index (χ3v) is 4.18. The molecule has 1 aliphatic carbocycles. The van der Waals surface area contributed by atoms with E-state index in [-0.39, 0.29) is 0 Å². The molecule has 80 valence electrons. The quantitative estimate of drug-likeness (QED) is 0.530. The molecule has 0 radical (unpaired) electrons. The number of thiol groups is 1. The van der Waals surface area contributed by atoms with E-state index in [1.54, 1.807) is 0 Å². The number of rotatable bonds is 1. The lowest BCUT2D eigenvalue weighted by molar-refractivity contribution is 0.754.